The highest BCUT2D eigenvalue weighted by Crippen LogP contribution is 1.79. The molecule has 4 heteroatoms. The van der Waals surface area contributed by atoms with Gasteiger partial charge in [-0.25, -0.2) is 10.4 Å². The molecular formula is C8H14N4. The lowest BCUT2D eigenvalue weighted by Gasteiger charge is -1.96. The van der Waals surface area contributed by atoms with Crippen molar-refractivity contribution in [2.45, 2.75) is 6.92 Å². The number of guanidine groups is 1. The molecule has 1 aliphatic heterocycles. The number of rotatable bonds is 1. The molecule has 0 atom stereocenters. The Balaban J connectivity index is 0.000000354. The number of hydrogen-bond acceptors (Lipinski definition) is 4. The van der Waals surface area contributed by atoms with Gasteiger partial charge < -0.3 is 5.32 Å². The van der Waals surface area contributed by atoms with Crippen LogP contribution in [-0.4, -0.2) is 25.3 Å². The molecule has 0 amide bonds. The van der Waals surface area contributed by atoms with E-state index in [4.69, 9.17) is 0 Å². The van der Waals surface area contributed by atoms with E-state index >= 15 is 0 Å². The van der Waals surface area contributed by atoms with Crippen molar-refractivity contribution < 1.29 is 0 Å². The van der Waals surface area contributed by atoms with E-state index in [2.05, 4.69) is 39.7 Å². The number of nitrogens with zero attached hydrogens (tertiary/aromatic N) is 2. The maximum absolute atomic E-state index is 4.05. The van der Waals surface area contributed by atoms with Gasteiger partial charge >= 0.3 is 0 Å². The second kappa shape index (κ2) is 7.57. The molecule has 12 heavy (non-hydrogen) atoms. The average molecular weight is 166 g/mol. The topological polar surface area (TPSA) is 48.8 Å². The van der Waals surface area contributed by atoms with E-state index in [0.717, 1.165) is 19.0 Å². The van der Waals surface area contributed by atoms with E-state index < -0.39 is 0 Å². The van der Waals surface area contributed by atoms with Gasteiger partial charge in [0.2, 0.25) is 5.96 Å². The highest BCUT2D eigenvalue weighted by Gasteiger charge is 2.00. The molecule has 0 saturated carbocycles. The number of aliphatic imine (C=N–C) groups is 1. The van der Waals surface area contributed by atoms with E-state index in [1.165, 1.54) is 0 Å². The van der Waals surface area contributed by atoms with Crippen LogP contribution in [0.5, 0.6) is 0 Å². The first-order valence-electron chi connectivity index (χ1n) is 3.66. The highest BCUT2D eigenvalue weighted by atomic mass is 15.4. The summed E-state index contributed by atoms with van der Waals surface area (Å²) in [4.78, 5) is 4.05. The third-order valence-electron chi connectivity index (χ3n) is 0.974. The van der Waals surface area contributed by atoms with Crippen LogP contribution in [0.4, 0.5) is 0 Å². The van der Waals surface area contributed by atoms with Crippen LogP contribution in [0.15, 0.2) is 29.0 Å². The van der Waals surface area contributed by atoms with Crippen molar-refractivity contribution in [3.05, 3.63) is 18.9 Å². The summed E-state index contributed by atoms with van der Waals surface area (Å²) in [6.45, 7) is 9.87. The molecule has 0 bridgehead atoms. The standard InChI is InChI=1S/C5H10N4.C3H4/c1-2-8-9-5-6-3-4-7-5;1-3-2/h2H,3-4H2,1H3,(H2,6,7,9);1-2H2/b8-2+;. The first kappa shape index (κ1) is 10.5. The van der Waals surface area contributed by atoms with Gasteiger partial charge in [0.05, 0.1) is 6.54 Å². The van der Waals surface area contributed by atoms with Crippen LogP contribution in [0.3, 0.4) is 0 Å². The minimum absolute atomic E-state index is 0.771. The SMILES string of the molecule is C/C=N/NC1=NCCN1.C=C=C. The van der Waals surface area contributed by atoms with Gasteiger partial charge in [0.15, 0.2) is 0 Å². The number of nitrogens with one attached hydrogen (secondary N) is 2. The van der Waals surface area contributed by atoms with E-state index in [-0.39, 0.29) is 0 Å². The van der Waals surface area contributed by atoms with Crippen LogP contribution in [0.25, 0.3) is 0 Å². The summed E-state index contributed by atoms with van der Waals surface area (Å²) < 4.78 is 0. The first-order chi connectivity index (χ1) is 5.85. The Kier molecular flexibility index (Phi) is 6.59. The number of hydrogen-bond donors (Lipinski definition) is 2. The minimum atomic E-state index is 0.771. The van der Waals surface area contributed by atoms with Crippen LogP contribution in [0.1, 0.15) is 6.92 Å². The van der Waals surface area contributed by atoms with Crippen molar-refractivity contribution >= 4 is 12.2 Å². The Hall–Kier alpha value is -1.54. The first-order valence-corrected chi connectivity index (χ1v) is 3.66. The summed E-state index contributed by atoms with van der Waals surface area (Å²) in [5.74, 6) is 0.771. The zero-order chi connectivity index (χ0) is 9.23. The molecule has 1 heterocycles. The average Bonchev–Trinajstić information content (AvgIpc) is 2.54. The number of hydrazone groups is 1. The Bertz CT molecular complexity index is 199. The molecular weight excluding hydrogens is 152 g/mol. The lowest BCUT2D eigenvalue weighted by Crippen LogP contribution is -2.29. The predicted molar refractivity (Wildman–Crippen MR) is 52.4 cm³/mol. The van der Waals surface area contributed by atoms with Gasteiger partial charge in [0, 0.05) is 12.8 Å². The molecule has 0 aliphatic carbocycles. The third-order valence-corrected chi connectivity index (χ3v) is 0.974. The molecule has 1 rings (SSSR count). The normalized spacial score (nSPS) is 13.9. The largest absolute Gasteiger partial charge is 0.353 e. The Morgan fingerprint density at radius 3 is 2.83 bits per heavy atom. The second-order valence-corrected chi connectivity index (χ2v) is 1.91. The van der Waals surface area contributed by atoms with Crippen LogP contribution in [0, 0.1) is 0 Å². The maximum Gasteiger partial charge on any atom is 0.212 e. The fourth-order valence-electron chi connectivity index (χ4n) is 0.598. The van der Waals surface area contributed by atoms with Gasteiger partial charge in [-0.3, -0.25) is 0 Å². The lowest BCUT2D eigenvalue weighted by molar-refractivity contribution is 0.919. The fourth-order valence-corrected chi connectivity index (χ4v) is 0.598. The lowest BCUT2D eigenvalue weighted by atomic mass is 10.7. The monoisotopic (exact) mass is 166 g/mol. The molecule has 0 fully saturated rings. The van der Waals surface area contributed by atoms with Crippen LogP contribution in [-0.2, 0) is 0 Å². The van der Waals surface area contributed by atoms with Crippen molar-refractivity contribution in [3.8, 4) is 0 Å². The molecule has 0 aromatic heterocycles. The van der Waals surface area contributed by atoms with Crippen LogP contribution < -0.4 is 10.7 Å². The van der Waals surface area contributed by atoms with E-state index in [1.54, 1.807) is 6.21 Å². The predicted octanol–water partition coefficient (Wildman–Crippen LogP) is 0.498. The van der Waals surface area contributed by atoms with E-state index in [1.807, 2.05) is 6.92 Å². The summed E-state index contributed by atoms with van der Waals surface area (Å²) in [6, 6.07) is 0. The van der Waals surface area contributed by atoms with Crippen molar-refractivity contribution in [1.29, 1.82) is 0 Å². The van der Waals surface area contributed by atoms with Crippen molar-refractivity contribution in [2.75, 3.05) is 13.1 Å². The van der Waals surface area contributed by atoms with Crippen LogP contribution in [0.2, 0.25) is 0 Å². The Labute approximate surface area is 72.8 Å². The molecule has 2 N–H and O–H groups in total. The van der Waals surface area contributed by atoms with Gasteiger partial charge in [-0.1, -0.05) is 13.2 Å². The maximum atomic E-state index is 4.05. The zero-order valence-electron chi connectivity index (χ0n) is 7.30. The summed E-state index contributed by atoms with van der Waals surface area (Å²) >= 11 is 0. The molecule has 0 radical (unpaired) electrons. The Morgan fingerprint density at radius 1 is 1.75 bits per heavy atom. The van der Waals surface area contributed by atoms with Gasteiger partial charge in [0.25, 0.3) is 0 Å². The third kappa shape index (κ3) is 5.26. The van der Waals surface area contributed by atoms with Gasteiger partial charge in [-0.2, -0.15) is 5.10 Å². The van der Waals surface area contributed by atoms with Crippen molar-refractivity contribution in [3.63, 3.8) is 0 Å². The minimum Gasteiger partial charge on any atom is -0.353 e. The molecule has 0 spiro atoms. The smallest absolute Gasteiger partial charge is 0.212 e. The molecule has 66 valence electrons. The van der Waals surface area contributed by atoms with Crippen LogP contribution >= 0.6 is 0 Å². The second-order valence-electron chi connectivity index (χ2n) is 1.91. The summed E-state index contributed by atoms with van der Waals surface area (Å²) in [7, 11) is 0. The summed E-state index contributed by atoms with van der Waals surface area (Å²) in [5.41, 5.74) is 4.99. The van der Waals surface area contributed by atoms with Gasteiger partial charge in [-0.05, 0) is 6.92 Å². The summed E-state index contributed by atoms with van der Waals surface area (Å²) in [6.07, 6.45) is 1.68. The zero-order valence-corrected chi connectivity index (χ0v) is 7.30. The van der Waals surface area contributed by atoms with Crippen molar-refractivity contribution in [1.82, 2.24) is 10.7 Å². The molecule has 4 nitrogen and oxygen atoms in total. The molecule has 0 saturated heterocycles. The summed E-state index contributed by atoms with van der Waals surface area (Å²) in [5, 5.41) is 6.80. The molecule has 0 aromatic carbocycles. The molecule has 1 aliphatic rings. The van der Waals surface area contributed by atoms with E-state index in [9.17, 15) is 0 Å². The van der Waals surface area contributed by atoms with Gasteiger partial charge in [0.1, 0.15) is 0 Å². The van der Waals surface area contributed by atoms with E-state index in [0.29, 0.717) is 0 Å². The quantitative estimate of drug-likeness (QED) is 0.338. The van der Waals surface area contributed by atoms with Gasteiger partial charge in [-0.15, -0.1) is 5.73 Å². The molecule has 0 aromatic rings. The Morgan fingerprint density at radius 2 is 2.42 bits per heavy atom. The van der Waals surface area contributed by atoms with Crippen molar-refractivity contribution in [2.24, 2.45) is 10.1 Å². The fraction of sp³-hybridized carbons (Fsp3) is 0.375. The highest BCUT2D eigenvalue weighted by molar-refractivity contribution is 5.81. The molecule has 0 unspecified atom stereocenters.